The van der Waals surface area contributed by atoms with Crippen LogP contribution in [-0.2, 0) is 11.3 Å². The maximum Gasteiger partial charge on any atom is 0.260 e. The number of hydrogen-bond acceptors (Lipinski definition) is 1. The maximum absolute atomic E-state index is 12.7. The van der Waals surface area contributed by atoms with Crippen LogP contribution in [0.15, 0.2) is 30.3 Å². The van der Waals surface area contributed by atoms with Crippen molar-refractivity contribution in [3.63, 3.8) is 0 Å². The monoisotopic (exact) mass is 345 g/mol. The Morgan fingerprint density at radius 2 is 1.90 bits per heavy atom. The van der Waals surface area contributed by atoms with Gasteiger partial charge in [0, 0.05) is 23.9 Å². The molecule has 1 saturated heterocycles. The second kappa shape index (κ2) is 5.64. The normalized spacial score (nSPS) is 31.9. The third-order valence-corrected chi connectivity index (χ3v) is 6.51. The van der Waals surface area contributed by atoms with E-state index in [0.29, 0.717) is 13.1 Å². The summed E-state index contributed by atoms with van der Waals surface area (Å²) in [6, 6.07) is 9.89. The molecule has 0 N–H and O–H groups in total. The first-order valence-corrected chi connectivity index (χ1v) is 8.52. The number of carbonyl (C=O) groups excluding carboxylic acids is 1. The van der Waals surface area contributed by atoms with Gasteiger partial charge >= 0.3 is 0 Å². The van der Waals surface area contributed by atoms with Crippen molar-refractivity contribution in [1.29, 1.82) is 0 Å². The molecule has 1 amide bonds. The molecule has 1 saturated carbocycles. The minimum Gasteiger partial charge on any atom is -0.335 e. The van der Waals surface area contributed by atoms with Gasteiger partial charge in [0.25, 0.3) is 5.91 Å². The summed E-state index contributed by atoms with van der Waals surface area (Å²) in [6.07, 6.45) is 3.78. The first kappa shape index (κ1) is 15.5. The lowest BCUT2D eigenvalue weighted by molar-refractivity contribution is -0.129. The summed E-state index contributed by atoms with van der Waals surface area (Å²) in [5, 5.41) is -0.147. The molecular formula is C16H18Cl3NO. The summed E-state index contributed by atoms with van der Waals surface area (Å²) in [4.78, 5) is 14.4. The molecule has 2 unspecified atom stereocenters. The number of likely N-dealkylation sites (tertiary alicyclic amines) is 1. The highest BCUT2D eigenvalue weighted by molar-refractivity contribution is 6.59. The van der Waals surface area contributed by atoms with Crippen LogP contribution in [0.1, 0.15) is 31.2 Å². The van der Waals surface area contributed by atoms with E-state index in [1.807, 2.05) is 30.3 Å². The van der Waals surface area contributed by atoms with Gasteiger partial charge in [-0.1, -0.05) is 66.4 Å². The van der Waals surface area contributed by atoms with Crippen molar-refractivity contribution in [2.45, 2.75) is 41.9 Å². The molecule has 2 nitrogen and oxygen atoms in total. The Kier molecular flexibility index (Phi) is 4.15. The van der Waals surface area contributed by atoms with E-state index in [2.05, 4.69) is 0 Å². The van der Waals surface area contributed by atoms with E-state index >= 15 is 0 Å². The number of nitrogens with zero attached hydrogens (tertiary/aromatic N) is 1. The molecule has 0 aromatic heterocycles. The average Bonchev–Trinajstić information content (AvgIpc) is 2.65. The van der Waals surface area contributed by atoms with Crippen LogP contribution in [0.2, 0.25) is 0 Å². The van der Waals surface area contributed by atoms with Crippen LogP contribution < -0.4 is 0 Å². The van der Waals surface area contributed by atoms with Crippen LogP contribution in [0.3, 0.4) is 0 Å². The summed E-state index contributed by atoms with van der Waals surface area (Å²) < 4.78 is -1.41. The molecule has 21 heavy (non-hydrogen) atoms. The Hall–Kier alpha value is -0.440. The minimum atomic E-state index is -1.41. The van der Waals surface area contributed by atoms with E-state index in [0.717, 1.165) is 31.2 Å². The zero-order chi connectivity index (χ0) is 15.1. The molecule has 0 radical (unpaired) electrons. The SMILES string of the molecule is O=C1N(Cc2ccccc2)CC2(CCCCC2Cl)C1(Cl)Cl. The largest absolute Gasteiger partial charge is 0.335 e. The summed E-state index contributed by atoms with van der Waals surface area (Å²) in [5.74, 6) is -0.206. The average molecular weight is 347 g/mol. The van der Waals surface area contributed by atoms with Gasteiger partial charge in [-0.15, -0.1) is 11.6 Å². The van der Waals surface area contributed by atoms with Crippen molar-refractivity contribution in [3.05, 3.63) is 35.9 Å². The lowest BCUT2D eigenvalue weighted by atomic mass is 9.72. The van der Waals surface area contributed by atoms with E-state index < -0.39 is 9.75 Å². The first-order valence-electron chi connectivity index (χ1n) is 7.32. The highest BCUT2D eigenvalue weighted by Gasteiger charge is 2.65. The van der Waals surface area contributed by atoms with Crippen LogP contribution >= 0.6 is 34.8 Å². The molecule has 1 aromatic rings. The van der Waals surface area contributed by atoms with Crippen molar-refractivity contribution in [2.24, 2.45) is 5.41 Å². The molecule has 2 aliphatic rings. The van der Waals surface area contributed by atoms with Gasteiger partial charge in [-0.3, -0.25) is 4.79 Å². The van der Waals surface area contributed by atoms with Gasteiger partial charge in [0.2, 0.25) is 4.33 Å². The molecule has 1 aliphatic carbocycles. The number of amides is 1. The minimum absolute atomic E-state index is 0.147. The standard InChI is InChI=1S/C16H18Cl3NO/c17-13-8-4-5-9-15(13)11-20(14(21)16(15,18)19)10-12-6-2-1-3-7-12/h1-3,6-7,13H,4-5,8-11H2. The molecule has 2 atom stereocenters. The second-order valence-electron chi connectivity index (χ2n) is 6.09. The molecule has 1 heterocycles. The molecule has 2 fully saturated rings. The maximum atomic E-state index is 12.7. The number of benzene rings is 1. The Labute approximate surface area is 140 Å². The summed E-state index contributed by atoms with van der Waals surface area (Å²) >= 11 is 19.5. The summed E-state index contributed by atoms with van der Waals surface area (Å²) in [7, 11) is 0. The fraction of sp³-hybridized carbons (Fsp3) is 0.562. The third kappa shape index (κ3) is 2.46. The highest BCUT2D eigenvalue weighted by Crippen LogP contribution is 2.57. The molecule has 0 bridgehead atoms. The van der Waals surface area contributed by atoms with E-state index in [-0.39, 0.29) is 11.3 Å². The number of hydrogen-bond donors (Lipinski definition) is 0. The van der Waals surface area contributed by atoms with Gasteiger partial charge in [0.1, 0.15) is 0 Å². The van der Waals surface area contributed by atoms with Gasteiger partial charge in [-0.25, -0.2) is 0 Å². The predicted octanol–water partition coefficient (Wildman–Crippen LogP) is 4.37. The predicted molar refractivity (Wildman–Crippen MR) is 86.8 cm³/mol. The van der Waals surface area contributed by atoms with Gasteiger partial charge < -0.3 is 4.90 Å². The zero-order valence-corrected chi connectivity index (χ0v) is 14.0. The van der Waals surface area contributed by atoms with Crippen molar-refractivity contribution < 1.29 is 4.79 Å². The number of carbonyl (C=O) groups is 1. The Bertz CT molecular complexity index is 534. The van der Waals surface area contributed by atoms with Gasteiger partial charge in [0.05, 0.1) is 0 Å². The highest BCUT2D eigenvalue weighted by atomic mass is 35.5. The smallest absolute Gasteiger partial charge is 0.260 e. The lowest BCUT2D eigenvalue weighted by Crippen LogP contribution is -2.48. The first-order chi connectivity index (χ1) is 9.97. The number of rotatable bonds is 2. The van der Waals surface area contributed by atoms with Gasteiger partial charge in [0.15, 0.2) is 0 Å². The quantitative estimate of drug-likeness (QED) is 0.728. The molecule has 1 spiro atoms. The second-order valence-corrected chi connectivity index (χ2v) is 7.94. The number of alkyl halides is 3. The summed E-state index contributed by atoms with van der Waals surface area (Å²) in [6.45, 7) is 1.08. The van der Waals surface area contributed by atoms with E-state index in [1.54, 1.807) is 4.90 Å². The Morgan fingerprint density at radius 1 is 1.19 bits per heavy atom. The van der Waals surface area contributed by atoms with E-state index in [9.17, 15) is 4.79 Å². The van der Waals surface area contributed by atoms with Crippen LogP contribution in [0, 0.1) is 5.41 Å². The third-order valence-electron chi connectivity index (χ3n) is 4.80. The van der Waals surface area contributed by atoms with Crippen molar-refractivity contribution in [1.82, 2.24) is 4.90 Å². The zero-order valence-electron chi connectivity index (χ0n) is 11.7. The fourth-order valence-electron chi connectivity index (χ4n) is 3.58. The Balaban J connectivity index is 1.87. The molecule has 1 aromatic carbocycles. The molecular weight excluding hydrogens is 329 g/mol. The van der Waals surface area contributed by atoms with Crippen molar-refractivity contribution >= 4 is 40.7 Å². The van der Waals surface area contributed by atoms with E-state index in [4.69, 9.17) is 34.8 Å². The number of halogens is 3. The molecule has 3 rings (SSSR count). The van der Waals surface area contributed by atoms with Gasteiger partial charge in [-0.2, -0.15) is 0 Å². The van der Waals surface area contributed by atoms with Gasteiger partial charge in [-0.05, 0) is 18.4 Å². The fourth-order valence-corrected chi connectivity index (χ4v) is 5.00. The van der Waals surface area contributed by atoms with Crippen LogP contribution in [0.5, 0.6) is 0 Å². The lowest BCUT2D eigenvalue weighted by Gasteiger charge is -2.42. The summed E-state index contributed by atoms with van der Waals surface area (Å²) in [5.41, 5.74) is 0.552. The van der Waals surface area contributed by atoms with Crippen LogP contribution in [0.4, 0.5) is 0 Å². The van der Waals surface area contributed by atoms with Crippen molar-refractivity contribution in [3.8, 4) is 0 Å². The van der Waals surface area contributed by atoms with E-state index in [1.165, 1.54) is 0 Å². The van der Waals surface area contributed by atoms with Crippen LogP contribution in [0.25, 0.3) is 0 Å². The molecule has 114 valence electrons. The molecule has 1 aliphatic heterocycles. The van der Waals surface area contributed by atoms with Crippen molar-refractivity contribution in [2.75, 3.05) is 6.54 Å². The topological polar surface area (TPSA) is 20.3 Å². The van der Waals surface area contributed by atoms with Crippen LogP contribution in [-0.4, -0.2) is 27.1 Å². The molecule has 5 heteroatoms. The Morgan fingerprint density at radius 3 is 2.57 bits per heavy atom.